The maximum atomic E-state index is 6.29. The van der Waals surface area contributed by atoms with Gasteiger partial charge >= 0.3 is 0 Å². The number of thiophene rings is 2. The minimum absolute atomic E-state index is 0.0901. The van der Waals surface area contributed by atoms with Crippen LogP contribution in [-0.2, 0) is 6.42 Å². The fourth-order valence-electron chi connectivity index (χ4n) is 3.12. The number of nitrogens with two attached hydrogens (primary N) is 1. The van der Waals surface area contributed by atoms with Crippen LogP contribution in [0.4, 0.5) is 0 Å². The molecular weight excluding hydrogens is 308 g/mol. The number of rotatable bonds is 3. The Labute approximate surface area is 133 Å². The van der Waals surface area contributed by atoms with Crippen molar-refractivity contribution in [2.75, 3.05) is 6.54 Å². The molecular formula is C15H19ClN2S2. The molecule has 3 atom stereocenters. The lowest BCUT2D eigenvalue weighted by Gasteiger charge is -2.41. The van der Waals surface area contributed by atoms with Crippen molar-refractivity contribution in [2.45, 2.75) is 38.4 Å². The van der Waals surface area contributed by atoms with Crippen molar-refractivity contribution in [1.29, 1.82) is 0 Å². The van der Waals surface area contributed by atoms with Crippen LogP contribution >= 0.6 is 34.3 Å². The molecule has 0 saturated carbocycles. The summed E-state index contributed by atoms with van der Waals surface area (Å²) in [4.78, 5) is 5.33. The largest absolute Gasteiger partial charge is 0.326 e. The molecule has 0 bridgehead atoms. The monoisotopic (exact) mass is 326 g/mol. The summed E-state index contributed by atoms with van der Waals surface area (Å²) in [5.41, 5.74) is 7.76. The predicted octanol–water partition coefficient (Wildman–Crippen LogP) is 4.47. The summed E-state index contributed by atoms with van der Waals surface area (Å²) < 4.78 is 0.839. The highest BCUT2D eigenvalue weighted by molar-refractivity contribution is 7.16. The molecule has 108 valence electrons. The van der Waals surface area contributed by atoms with Crippen LogP contribution in [0.2, 0.25) is 4.34 Å². The summed E-state index contributed by atoms with van der Waals surface area (Å²) in [7, 11) is 0. The average molecular weight is 327 g/mol. The molecule has 3 rings (SSSR count). The molecule has 0 spiro atoms. The lowest BCUT2D eigenvalue weighted by molar-refractivity contribution is 0.121. The second-order valence-electron chi connectivity index (χ2n) is 5.41. The van der Waals surface area contributed by atoms with Crippen LogP contribution in [0.5, 0.6) is 0 Å². The van der Waals surface area contributed by atoms with Gasteiger partial charge in [-0.05, 0) is 49.4 Å². The Kier molecular flexibility index (Phi) is 4.20. The lowest BCUT2D eigenvalue weighted by atomic mass is 9.96. The number of nitrogens with zero attached hydrogens (tertiary/aromatic N) is 1. The van der Waals surface area contributed by atoms with Gasteiger partial charge in [0.15, 0.2) is 0 Å². The first-order valence-corrected chi connectivity index (χ1v) is 8.98. The molecule has 0 saturated heterocycles. The van der Waals surface area contributed by atoms with E-state index in [4.69, 9.17) is 17.3 Å². The van der Waals surface area contributed by atoms with Gasteiger partial charge in [-0.2, -0.15) is 0 Å². The Hall–Kier alpha value is -0.390. The van der Waals surface area contributed by atoms with Crippen LogP contribution in [-0.4, -0.2) is 17.5 Å². The van der Waals surface area contributed by atoms with Crippen LogP contribution in [0.25, 0.3) is 0 Å². The molecule has 20 heavy (non-hydrogen) atoms. The third-order valence-electron chi connectivity index (χ3n) is 4.07. The first-order valence-electron chi connectivity index (χ1n) is 6.90. The van der Waals surface area contributed by atoms with E-state index in [1.807, 2.05) is 17.4 Å². The molecule has 1 aliphatic rings. The van der Waals surface area contributed by atoms with E-state index in [-0.39, 0.29) is 12.1 Å². The molecule has 0 aliphatic carbocycles. The van der Waals surface area contributed by atoms with Crippen LogP contribution in [0, 0.1) is 0 Å². The SMILES string of the molecule is CC(N)C(c1ccc(Cl)s1)N1CCc2sccc2C1C. The summed E-state index contributed by atoms with van der Waals surface area (Å²) in [6, 6.07) is 7.11. The third-order valence-corrected chi connectivity index (χ3v) is 6.36. The maximum Gasteiger partial charge on any atom is 0.0931 e. The summed E-state index contributed by atoms with van der Waals surface area (Å²) in [6.45, 7) is 5.44. The third kappa shape index (κ3) is 2.55. The first-order chi connectivity index (χ1) is 9.58. The Balaban J connectivity index is 1.93. The van der Waals surface area contributed by atoms with Gasteiger partial charge in [0, 0.05) is 28.4 Å². The zero-order valence-electron chi connectivity index (χ0n) is 11.7. The second-order valence-corrected chi connectivity index (χ2v) is 8.16. The molecule has 0 aromatic carbocycles. The van der Waals surface area contributed by atoms with Crippen molar-refractivity contribution in [1.82, 2.24) is 4.90 Å². The highest BCUT2D eigenvalue weighted by Crippen LogP contribution is 2.41. The minimum Gasteiger partial charge on any atom is -0.326 e. The second kappa shape index (κ2) is 5.78. The highest BCUT2D eigenvalue weighted by Gasteiger charge is 2.33. The molecule has 0 radical (unpaired) electrons. The smallest absolute Gasteiger partial charge is 0.0931 e. The van der Waals surface area contributed by atoms with Crippen molar-refractivity contribution in [3.8, 4) is 0 Å². The van der Waals surface area contributed by atoms with E-state index in [0.29, 0.717) is 6.04 Å². The van der Waals surface area contributed by atoms with Gasteiger partial charge in [0.25, 0.3) is 0 Å². The van der Waals surface area contributed by atoms with E-state index in [1.54, 1.807) is 11.3 Å². The van der Waals surface area contributed by atoms with Gasteiger partial charge in [-0.25, -0.2) is 0 Å². The Morgan fingerprint density at radius 1 is 1.40 bits per heavy atom. The number of hydrogen-bond acceptors (Lipinski definition) is 4. The fourth-order valence-corrected chi connectivity index (χ4v) is 5.38. The molecule has 3 unspecified atom stereocenters. The van der Waals surface area contributed by atoms with Crippen LogP contribution in [0.1, 0.15) is 41.2 Å². The lowest BCUT2D eigenvalue weighted by Crippen LogP contribution is -2.43. The average Bonchev–Trinajstić information content (AvgIpc) is 3.01. The Bertz CT molecular complexity index is 590. The molecule has 2 nitrogen and oxygen atoms in total. The topological polar surface area (TPSA) is 29.3 Å². The van der Waals surface area contributed by atoms with E-state index in [2.05, 4.69) is 36.3 Å². The first kappa shape index (κ1) is 14.5. The van der Waals surface area contributed by atoms with Gasteiger partial charge in [-0.3, -0.25) is 4.90 Å². The molecule has 0 amide bonds. The van der Waals surface area contributed by atoms with Gasteiger partial charge in [0.2, 0.25) is 0 Å². The van der Waals surface area contributed by atoms with Crippen molar-refractivity contribution >= 4 is 34.3 Å². The van der Waals surface area contributed by atoms with E-state index in [9.17, 15) is 0 Å². The van der Waals surface area contributed by atoms with Crippen molar-refractivity contribution in [3.63, 3.8) is 0 Å². The fraction of sp³-hybridized carbons (Fsp3) is 0.467. The molecule has 1 aliphatic heterocycles. The molecule has 0 fully saturated rings. The molecule has 2 aromatic heterocycles. The van der Waals surface area contributed by atoms with Gasteiger partial charge in [-0.15, -0.1) is 22.7 Å². The Morgan fingerprint density at radius 3 is 2.85 bits per heavy atom. The van der Waals surface area contributed by atoms with E-state index >= 15 is 0 Å². The van der Waals surface area contributed by atoms with Gasteiger partial charge in [0.1, 0.15) is 0 Å². The predicted molar refractivity (Wildman–Crippen MR) is 88.9 cm³/mol. The molecule has 5 heteroatoms. The maximum absolute atomic E-state index is 6.29. The van der Waals surface area contributed by atoms with Gasteiger partial charge < -0.3 is 5.73 Å². The van der Waals surface area contributed by atoms with E-state index < -0.39 is 0 Å². The number of fused-ring (bicyclic) bond motifs is 1. The summed E-state index contributed by atoms with van der Waals surface area (Å²) in [5.74, 6) is 0. The summed E-state index contributed by atoms with van der Waals surface area (Å²) >= 11 is 9.63. The van der Waals surface area contributed by atoms with Gasteiger partial charge in [0.05, 0.1) is 10.4 Å². The van der Waals surface area contributed by atoms with Crippen molar-refractivity contribution in [2.24, 2.45) is 5.73 Å². The van der Waals surface area contributed by atoms with Crippen molar-refractivity contribution in [3.05, 3.63) is 43.2 Å². The quantitative estimate of drug-likeness (QED) is 0.901. The van der Waals surface area contributed by atoms with Crippen LogP contribution in [0.15, 0.2) is 23.6 Å². The highest BCUT2D eigenvalue weighted by atomic mass is 35.5. The molecule has 3 heterocycles. The van der Waals surface area contributed by atoms with E-state index in [0.717, 1.165) is 17.3 Å². The Morgan fingerprint density at radius 2 is 2.20 bits per heavy atom. The molecule has 2 aromatic rings. The summed E-state index contributed by atoms with van der Waals surface area (Å²) in [5, 5.41) is 2.20. The minimum atomic E-state index is 0.0901. The number of hydrogen-bond donors (Lipinski definition) is 1. The summed E-state index contributed by atoms with van der Waals surface area (Å²) in [6.07, 6.45) is 1.12. The zero-order valence-corrected chi connectivity index (χ0v) is 14.1. The van der Waals surface area contributed by atoms with Crippen LogP contribution in [0.3, 0.4) is 0 Å². The van der Waals surface area contributed by atoms with Crippen molar-refractivity contribution < 1.29 is 0 Å². The van der Waals surface area contributed by atoms with Crippen LogP contribution < -0.4 is 5.73 Å². The number of halogens is 1. The normalized spacial score (nSPS) is 22.5. The van der Waals surface area contributed by atoms with Gasteiger partial charge in [-0.1, -0.05) is 11.6 Å². The van der Waals surface area contributed by atoms with E-state index in [1.165, 1.54) is 15.3 Å². The molecule has 2 N–H and O–H groups in total. The zero-order chi connectivity index (χ0) is 14.3. The standard InChI is InChI=1S/C15H19ClN2S2/c1-9(17)15(13-3-4-14(16)20-13)18-7-5-12-11(10(18)2)6-8-19-12/h3-4,6,8-10,15H,5,7,17H2,1-2H3.